The number of aromatic amines is 1. The number of rotatable bonds is 4. The van der Waals surface area contributed by atoms with Crippen molar-refractivity contribution >= 4 is 17.7 Å². The number of fused-ring (bicyclic) bond motifs is 1. The van der Waals surface area contributed by atoms with Crippen LogP contribution in [0.15, 0.2) is 23.0 Å². The lowest BCUT2D eigenvalue weighted by Gasteiger charge is -2.40. The molecule has 0 saturated carbocycles. The summed E-state index contributed by atoms with van der Waals surface area (Å²) >= 11 is 0. The highest BCUT2D eigenvalue weighted by Crippen LogP contribution is 2.43. The molecule has 0 radical (unpaired) electrons. The van der Waals surface area contributed by atoms with Crippen molar-refractivity contribution in [2.75, 3.05) is 24.4 Å². The molecule has 0 spiro atoms. The molecule has 2 aromatic rings. The number of piperidine rings is 1. The van der Waals surface area contributed by atoms with Crippen molar-refractivity contribution < 1.29 is 14.3 Å². The van der Waals surface area contributed by atoms with Crippen molar-refractivity contribution in [1.82, 2.24) is 9.97 Å². The van der Waals surface area contributed by atoms with Crippen molar-refractivity contribution in [1.29, 1.82) is 5.26 Å². The van der Waals surface area contributed by atoms with Crippen LogP contribution in [0.2, 0.25) is 0 Å². The topological polar surface area (TPSA) is 120 Å². The molecular formula is C23H27N5O4. The molecule has 4 atom stereocenters. The van der Waals surface area contributed by atoms with Crippen molar-refractivity contribution in [2.45, 2.75) is 51.1 Å². The predicted molar refractivity (Wildman–Crippen MR) is 119 cm³/mol. The highest BCUT2D eigenvalue weighted by Gasteiger charge is 2.42. The van der Waals surface area contributed by atoms with E-state index in [4.69, 9.17) is 9.47 Å². The first-order chi connectivity index (χ1) is 15.4. The number of H-pyrrole nitrogens is 1. The zero-order chi connectivity index (χ0) is 23.0. The zero-order valence-corrected chi connectivity index (χ0v) is 18.6. The molecule has 1 aromatic carbocycles. The number of amides is 1. The number of ether oxygens (including phenoxy) is 2. The monoisotopic (exact) mass is 437 g/mol. The SMILES string of the molecule is COc1ccc(C2c3c(nc(N4C(C)CCCC4C)[nH]c3=O)NC(=O)C2C#N)c(OC)c1. The largest absolute Gasteiger partial charge is 0.497 e. The van der Waals surface area contributed by atoms with Gasteiger partial charge in [0.1, 0.15) is 23.2 Å². The van der Waals surface area contributed by atoms with Gasteiger partial charge in [-0.1, -0.05) is 6.07 Å². The van der Waals surface area contributed by atoms with Gasteiger partial charge in [0.05, 0.1) is 25.9 Å². The number of hydrogen-bond acceptors (Lipinski definition) is 7. The lowest BCUT2D eigenvalue weighted by molar-refractivity contribution is -0.119. The summed E-state index contributed by atoms with van der Waals surface area (Å²) in [5.41, 5.74) is 0.425. The first-order valence-corrected chi connectivity index (χ1v) is 10.7. The number of nitrogens with one attached hydrogen (secondary N) is 2. The Labute approximate surface area is 186 Å². The quantitative estimate of drug-likeness (QED) is 0.754. The molecule has 9 heteroatoms. The Bertz CT molecular complexity index is 1130. The molecule has 1 fully saturated rings. The average molecular weight is 438 g/mol. The first-order valence-electron chi connectivity index (χ1n) is 10.7. The van der Waals surface area contributed by atoms with E-state index in [1.54, 1.807) is 18.2 Å². The Balaban J connectivity index is 1.88. The summed E-state index contributed by atoms with van der Waals surface area (Å²) in [6.07, 6.45) is 3.12. The molecule has 1 aromatic heterocycles. The van der Waals surface area contributed by atoms with Crippen LogP contribution in [0.25, 0.3) is 0 Å². The summed E-state index contributed by atoms with van der Waals surface area (Å²) < 4.78 is 10.8. The maximum Gasteiger partial charge on any atom is 0.258 e. The molecule has 9 nitrogen and oxygen atoms in total. The maximum atomic E-state index is 13.4. The minimum Gasteiger partial charge on any atom is -0.497 e. The second-order valence-corrected chi connectivity index (χ2v) is 8.37. The van der Waals surface area contributed by atoms with E-state index >= 15 is 0 Å². The van der Waals surface area contributed by atoms with Crippen LogP contribution in [0.5, 0.6) is 11.5 Å². The molecule has 2 aliphatic heterocycles. The van der Waals surface area contributed by atoms with Crippen molar-refractivity contribution in [3.8, 4) is 17.6 Å². The number of nitrogens with zero attached hydrogens (tertiary/aromatic N) is 3. The third-order valence-electron chi connectivity index (χ3n) is 6.46. The number of carbonyl (C=O) groups is 1. The fourth-order valence-electron chi connectivity index (χ4n) is 4.87. The van der Waals surface area contributed by atoms with E-state index < -0.39 is 17.7 Å². The van der Waals surface area contributed by atoms with E-state index in [0.717, 1.165) is 19.3 Å². The van der Waals surface area contributed by atoms with Gasteiger partial charge in [0.25, 0.3) is 5.56 Å². The number of anilines is 2. The van der Waals surface area contributed by atoms with Gasteiger partial charge in [-0.15, -0.1) is 0 Å². The highest BCUT2D eigenvalue weighted by molar-refractivity contribution is 5.98. The lowest BCUT2D eigenvalue weighted by Crippen LogP contribution is -2.46. The number of methoxy groups -OCH3 is 2. The van der Waals surface area contributed by atoms with Crippen LogP contribution in [0.3, 0.4) is 0 Å². The number of hydrogen-bond donors (Lipinski definition) is 2. The summed E-state index contributed by atoms with van der Waals surface area (Å²) in [7, 11) is 3.03. The number of carbonyl (C=O) groups excluding carboxylic acids is 1. The molecule has 4 rings (SSSR count). The van der Waals surface area contributed by atoms with Gasteiger partial charge in [0.15, 0.2) is 0 Å². The Hall–Kier alpha value is -3.54. The van der Waals surface area contributed by atoms with Crippen LogP contribution in [-0.4, -0.2) is 42.2 Å². The van der Waals surface area contributed by atoms with Gasteiger partial charge in [-0.25, -0.2) is 0 Å². The Morgan fingerprint density at radius 3 is 2.50 bits per heavy atom. The van der Waals surface area contributed by atoms with E-state index in [1.807, 2.05) is 0 Å². The molecule has 3 heterocycles. The molecule has 1 amide bonds. The van der Waals surface area contributed by atoms with Gasteiger partial charge in [-0.2, -0.15) is 10.2 Å². The van der Waals surface area contributed by atoms with Crippen LogP contribution in [-0.2, 0) is 4.79 Å². The minimum absolute atomic E-state index is 0.188. The maximum absolute atomic E-state index is 13.4. The normalized spacial score (nSPS) is 24.8. The van der Waals surface area contributed by atoms with Crippen LogP contribution >= 0.6 is 0 Å². The Morgan fingerprint density at radius 1 is 1.16 bits per heavy atom. The van der Waals surface area contributed by atoms with Crippen molar-refractivity contribution in [3.05, 3.63) is 39.7 Å². The summed E-state index contributed by atoms with van der Waals surface area (Å²) in [4.78, 5) is 35.9. The minimum atomic E-state index is -1.11. The van der Waals surface area contributed by atoms with E-state index in [-0.39, 0.29) is 29.0 Å². The fraction of sp³-hybridized carbons (Fsp3) is 0.478. The second kappa shape index (κ2) is 8.54. The molecule has 4 unspecified atom stereocenters. The summed E-state index contributed by atoms with van der Waals surface area (Å²) in [5.74, 6) is -0.811. The summed E-state index contributed by atoms with van der Waals surface area (Å²) in [5, 5.41) is 12.5. The third-order valence-corrected chi connectivity index (χ3v) is 6.46. The predicted octanol–water partition coefficient (Wildman–Crippen LogP) is 2.78. The molecular weight excluding hydrogens is 410 g/mol. The van der Waals surface area contributed by atoms with E-state index in [9.17, 15) is 14.9 Å². The van der Waals surface area contributed by atoms with Gasteiger partial charge in [-0.3, -0.25) is 14.6 Å². The molecule has 168 valence electrons. The van der Waals surface area contributed by atoms with Gasteiger partial charge >= 0.3 is 0 Å². The Morgan fingerprint density at radius 2 is 1.88 bits per heavy atom. The Kier molecular flexibility index (Phi) is 5.78. The zero-order valence-electron chi connectivity index (χ0n) is 18.6. The lowest BCUT2D eigenvalue weighted by atomic mass is 9.78. The molecule has 1 saturated heterocycles. The van der Waals surface area contributed by atoms with E-state index in [0.29, 0.717) is 23.0 Å². The van der Waals surface area contributed by atoms with Crippen molar-refractivity contribution in [3.63, 3.8) is 0 Å². The molecule has 32 heavy (non-hydrogen) atoms. The summed E-state index contributed by atoms with van der Waals surface area (Å²) in [6.45, 7) is 4.20. The number of nitriles is 1. The van der Waals surface area contributed by atoms with Gasteiger partial charge in [0.2, 0.25) is 11.9 Å². The van der Waals surface area contributed by atoms with Gasteiger partial charge < -0.3 is 19.7 Å². The van der Waals surface area contributed by atoms with E-state index in [2.05, 4.69) is 40.1 Å². The molecule has 2 N–H and O–H groups in total. The van der Waals surface area contributed by atoms with E-state index in [1.165, 1.54) is 14.2 Å². The van der Waals surface area contributed by atoms with Crippen LogP contribution in [0, 0.1) is 17.2 Å². The van der Waals surface area contributed by atoms with Crippen molar-refractivity contribution in [2.24, 2.45) is 5.92 Å². The first kappa shape index (κ1) is 21.7. The molecule has 2 aliphatic rings. The molecule has 0 bridgehead atoms. The fourth-order valence-corrected chi connectivity index (χ4v) is 4.87. The molecule has 0 aliphatic carbocycles. The third kappa shape index (κ3) is 3.55. The number of benzene rings is 1. The van der Waals surface area contributed by atoms with Gasteiger partial charge in [-0.05, 0) is 39.2 Å². The van der Waals surface area contributed by atoms with Crippen LogP contribution in [0.1, 0.15) is 50.2 Å². The highest BCUT2D eigenvalue weighted by atomic mass is 16.5. The van der Waals surface area contributed by atoms with Crippen LogP contribution < -0.4 is 25.2 Å². The van der Waals surface area contributed by atoms with Crippen LogP contribution in [0.4, 0.5) is 11.8 Å². The van der Waals surface area contributed by atoms with Gasteiger partial charge in [0, 0.05) is 29.6 Å². The average Bonchev–Trinajstić information content (AvgIpc) is 2.77. The summed E-state index contributed by atoms with van der Waals surface area (Å²) in [6, 6.07) is 7.58. The standard InChI is InChI=1S/C23H27N5O4/c1-12-6-5-7-13(2)28(12)23-26-20-19(22(30)27-23)18(16(11-24)21(29)25-20)15-9-8-14(31-3)10-17(15)32-4/h8-10,12-13,16,18H,5-7H2,1-4H3,(H2,25,26,27,29,30). The second-order valence-electron chi connectivity index (χ2n) is 8.37. The number of aromatic nitrogens is 2. The smallest absolute Gasteiger partial charge is 0.258 e.